The first-order chi connectivity index (χ1) is 12.1. The Bertz CT molecular complexity index is 619. The summed E-state index contributed by atoms with van der Waals surface area (Å²) in [6, 6.07) is 5.69. The van der Waals surface area contributed by atoms with E-state index in [9.17, 15) is 4.79 Å². The highest BCUT2D eigenvalue weighted by Gasteiger charge is 2.50. The van der Waals surface area contributed by atoms with E-state index in [2.05, 4.69) is 5.32 Å². The molecule has 136 valence electrons. The Labute approximate surface area is 150 Å². The van der Waals surface area contributed by atoms with Crippen LogP contribution in [-0.4, -0.2) is 26.7 Å². The first-order valence-electron chi connectivity index (χ1n) is 9.57. The number of carbonyl (C=O) groups excluding carboxylic acids is 1. The molecule has 0 radical (unpaired) electrons. The van der Waals surface area contributed by atoms with Gasteiger partial charge in [-0.2, -0.15) is 0 Å². The van der Waals surface area contributed by atoms with Crippen molar-refractivity contribution in [3.05, 3.63) is 23.8 Å². The molecule has 4 heteroatoms. The zero-order valence-electron chi connectivity index (χ0n) is 15.3. The molecule has 0 atom stereocenters. The van der Waals surface area contributed by atoms with E-state index in [-0.39, 0.29) is 5.91 Å². The van der Waals surface area contributed by atoms with Crippen LogP contribution in [0.4, 0.5) is 0 Å². The van der Waals surface area contributed by atoms with Crippen molar-refractivity contribution in [1.29, 1.82) is 0 Å². The standard InChI is InChI=1S/C21H29NO3/c1-24-18-4-3-14(8-19(18)25-2)9-20(23)22-13-21-10-15-5-16(11-21)7-17(6-15)12-21/h3-4,8,15-17H,5-7,9-13H2,1-2H3,(H,22,23). The molecule has 1 N–H and O–H groups in total. The van der Waals surface area contributed by atoms with Crippen LogP contribution in [0, 0.1) is 23.2 Å². The Morgan fingerprint density at radius 3 is 2.20 bits per heavy atom. The van der Waals surface area contributed by atoms with Crippen LogP contribution in [0.5, 0.6) is 11.5 Å². The summed E-state index contributed by atoms with van der Waals surface area (Å²) in [6.45, 7) is 0.864. The Hall–Kier alpha value is -1.71. The average molecular weight is 343 g/mol. The number of hydrogen-bond acceptors (Lipinski definition) is 3. The molecule has 0 unspecified atom stereocenters. The Kier molecular flexibility index (Phi) is 4.38. The molecule has 4 aliphatic rings. The minimum absolute atomic E-state index is 0.114. The summed E-state index contributed by atoms with van der Waals surface area (Å²) in [5.41, 5.74) is 1.35. The number of benzene rings is 1. The van der Waals surface area contributed by atoms with Gasteiger partial charge in [-0.1, -0.05) is 6.07 Å². The van der Waals surface area contributed by atoms with Gasteiger partial charge in [0, 0.05) is 6.54 Å². The Morgan fingerprint density at radius 1 is 1.04 bits per heavy atom. The Morgan fingerprint density at radius 2 is 1.64 bits per heavy atom. The average Bonchev–Trinajstić information content (AvgIpc) is 2.59. The van der Waals surface area contributed by atoms with Crippen molar-refractivity contribution in [3.8, 4) is 11.5 Å². The number of methoxy groups -OCH3 is 2. The lowest BCUT2D eigenvalue weighted by atomic mass is 9.49. The van der Waals surface area contributed by atoms with E-state index in [1.54, 1.807) is 14.2 Å². The van der Waals surface area contributed by atoms with Gasteiger partial charge < -0.3 is 14.8 Å². The zero-order valence-corrected chi connectivity index (χ0v) is 15.3. The van der Waals surface area contributed by atoms with Crippen molar-refractivity contribution < 1.29 is 14.3 Å². The molecule has 4 aliphatic carbocycles. The zero-order chi connectivity index (χ0) is 17.4. The number of carbonyl (C=O) groups is 1. The summed E-state index contributed by atoms with van der Waals surface area (Å²) >= 11 is 0. The first-order valence-corrected chi connectivity index (χ1v) is 9.57. The fourth-order valence-electron chi connectivity index (χ4n) is 6.03. The maximum Gasteiger partial charge on any atom is 0.224 e. The summed E-state index contributed by atoms with van der Waals surface area (Å²) in [4.78, 5) is 12.5. The number of nitrogens with one attached hydrogen (secondary N) is 1. The number of rotatable bonds is 6. The smallest absolute Gasteiger partial charge is 0.224 e. The highest BCUT2D eigenvalue weighted by Crippen LogP contribution is 2.59. The molecule has 0 aromatic heterocycles. The lowest BCUT2D eigenvalue weighted by Gasteiger charge is -2.56. The second-order valence-electron chi connectivity index (χ2n) is 8.56. The van der Waals surface area contributed by atoms with Gasteiger partial charge in [-0.05, 0) is 79.4 Å². The summed E-state index contributed by atoms with van der Waals surface area (Å²) in [7, 11) is 3.24. The third-order valence-corrected chi connectivity index (χ3v) is 6.64. The summed E-state index contributed by atoms with van der Waals surface area (Å²) in [5, 5.41) is 3.24. The monoisotopic (exact) mass is 343 g/mol. The lowest BCUT2D eigenvalue weighted by Crippen LogP contribution is -2.51. The fourth-order valence-corrected chi connectivity index (χ4v) is 6.03. The van der Waals surface area contributed by atoms with Crippen LogP contribution in [0.25, 0.3) is 0 Å². The molecule has 0 saturated heterocycles. The third kappa shape index (κ3) is 3.36. The van der Waals surface area contributed by atoms with Crippen LogP contribution in [0.3, 0.4) is 0 Å². The molecular formula is C21H29NO3. The van der Waals surface area contributed by atoms with Gasteiger partial charge in [-0.25, -0.2) is 0 Å². The van der Waals surface area contributed by atoms with Crippen LogP contribution >= 0.6 is 0 Å². The van der Waals surface area contributed by atoms with Gasteiger partial charge in [0.05, 0.1) is 20.6 Å². The van der Waals surface area contributed by atoms with Gasteiger partial charge in [0.25, 0.3) is 0 Å². The highest BCUT2D eigenvalue weighted by molar-refractivity contribution is 5.78. The van der Waals surface area contributed by atoms with Gasteiger partial charge in [0.2, 0.25) is 5.91 Å². The van der Waals surface area contributed by atoms with Crippen molar-refractivity contribution in [3.63, 3.8) is 0 Å². The molecule has 0 heterocycles. The maximum absolute atomic E-state index is 12.5. The van der Waals surface area contributed by atoms with E-state index in [0.717, 1.165) is 29.9 Å². The fraction of sp³-hybridized carbons (Fsp3) is 0.667. The van der Waals surface area contributed by atoms with E-state index in [1.807, 2.05) is 18.2 Å². The van der Waals surface area contributed by atoms with E-state index >= 15 is 0 Å². The highest BCUT2D eigenvalue weighted by atomic mass is 16.5. The SMILES string of the molecule is COc1ccc(CC(=O)NCC23CC4CC(CC(C4)C2)C3)cc1OC. The van der Waals surface area contributed by atoms with Gasteiger partial charge in [0.15, 0.2) is 11.5 Å². The number of ether oxygens (including phenoxy) is 2. The first kappa shape index (κ1) is 16.7. The van der Waals surface area contributed by atoms with Gasteiger partial charge in [-0.3, -0.25) is 4.79 Å². The minimum atomic E-state index is 0.114. The summed E-state index contributed by atoms with van der Waals surface area (Å²) < 4.78 is 10.6. The van der Waals surface area contributed by atoms with Gasteiger partial charge >= 0.3 is 0 Å². The van der Waals surface area contributed by atoms with Crippen LogP contribution in [0.15, 0.2) is 18.2 Å². The van der Waals surface area contributed by atoms with E-state index in [0.29, 0.717) is 23.3 Å². The summed E-state index contributed by atoms with van der Waals surface area (Å²) in [5.74, 6) is 4.26. The molecule has 1 aromatic carbocycles. The molecule has 1 amide bonds. The predicted octanol–water partition coefficient (Wildman–Crippen LogP) is 3.58. The molecule has 0 spiro atoms. The van der Waals surface area contributed by atoms with Gasteiger partial charge in [0.1, 0.15) is 0 Å². The summed E-state index contributed by atoms with van der Waals surface area (Å²) in [6.07, 6.45) is 8.71. The van der Waals surface area contributed by atoms with Crippen LogP contribution in [-0.2, 0) is 11.2 Å². The number of amides is 1. The van der Waals surface area contributed by atoms with Crippen LogP contribution in [0.1, 0.15) is 44.1 Å². The molecule has 4 saturated carbocycles. The largest absolute Gasteiger partial charge is 0.493 e. The second kappa shape index (κ2) is 6.54. The van der Waals surface area contributed by atoms with E-state index in [4.69, 9.17) is 9.47 Å². The van der Waals surface area contributed by atoms with Crippen molar-refractivity contribution in [2.75, 3.05) is 20.8 Å². The van der Waals surface area contributed by atoms with Crippen molar-refractivity contribution >= 4 is 5.91 Å². The van der Waals surface area contributed by atoms with Crippen LogP contribution in [0.2, 0.25) is 0 Å². The lowest BCUT2D eigenvalue weighted by molar-refractivity contribution is -0.122. The van der Waals surface area contributed by atoms with E-state index < -0.39 is 0 Å². The molecule has 0 aliphatic heterocycles. The molecule has 5 rings (SSSR count). The van der Waals surface area contributed by atoms with Crippen molar-refractivity contribution in [2.45, 2.75) is 44.9 Å². The molecule has 4 fully saturated rings. The van der Waals surface area contributed by atoms with Crippen LogP contribution < -0.4 is 14.8 Å². The van der Waals surface area contributed by atoms with Gasteiger partial charge in [-0.15, -0.1) is 0 Å². The maximum atomic E-state index is 12.5. The molecule has 4 bridgehead atoms. The minimum Gasteiger partial charge on any atom is -0.493 e. The Balaban J connectivity index is 1.35. The molecule has 1 aromatic rings. The molecular weight excluding hydrogens is 314 g/mol. The van der Waals surface area contributed by atoms with Crippen molar-refractivity contribution in [2.24, 2.45) is 23.2 Å². The molecule has 25 heavy (non-hydrogen) atoms. The topological polar surface area (TPSA) is 47.6 Å². The van der Waals surface area contributed by atoms with Crippen molar-refractivity contribution in [1.82, 2.24) is 5.32 Å². The van der Waals surface area contributed by atoms with E-state index in [1.165, 1.54) is 38.5 Å². The quantitative estimate of drug-likeness (QED) is 0.859. The number of hydrogen-bond donors (Lipinski definition) is 1. The molecule has 4 nitrogen and oxygen atoms in total. The third-order valence-electron chi connectivity index (χ3n) is 6.64. The normalized spacial score (nSPS) is 32.5. The second-order valence-corrected chi connectivity index (χ2v) is 8.56. The predicted molar refractivity (Wildman–Crippen MR) is 96.9 cm³/mol.